The SMILES string of the molecule is CCOCOc1ccc(Sc2ccc(O)cc2)cc1. The normalized spacial score (nSPS) is 10.4. The van der Waals surface area contributed by atoms with Gasteiger partial charge in [-0.2, -0.15) is 0 Å². The smallest absolute Gasteiger partial charge is 0.189 e. The van der Waals surface area contributed by atoms with Crippen LogP contribution in [0.3, 0.4) is 0 Å². The summed E-state index contributed by atoms with van der Waals surface area (Å²) < 4.78 is 10.5. The van der Waals surface area contributed by atoms with Gasteiger partial charge in [0.05, 0.1) is 0 Å². The third-order valence-corrected chi connectivity index (χ3v) is 3.42. The molecule has 4 heteroatoms. The number of phenolic OH excluding ortho intramolecular Hbond substituents is 1. The van der Waals surface area contributed by atoms with Crippen LogP contribution >= 0.6 is 11.8 Å². The Bertz CT molecular complexity index is 494. The largest absolute Gasteiger partial charge is 0.508 e. The second-order valence-corrected chi connectivity index (χ2v) is 4.97. The summed E-state index contributed by atoms with van der Waals surface area (Å²) in [6, 6.07) is 15.0. The number of hydrogen-bond donors (Lipinski definition) is 1. The summed E-state index contributed by atoms with van der Waals surface area (Å²) in [5, 5.41) is 9.22. The summed E-state index contributed by atoms with van der Waals surface area (Å²) >= 11 is 1.64. The molecule has 2 aromatic carbocycles. The van der Waals surface area contributed by atoms with Crippen molar-refractivity contribution in [1.29, 1.82) is 0 Å². The fourth-order valence-electron chi connectivity index (χ4n) is 1.45. The average molecular weight is 276 g/mol. The molecule has 0 spiro atoms. The van der Waals surface area contributed by atoms with Crippen molar-refractivity contribution in [2.45, 2.75) is 16.7 Å². The summed E-state index contributed by atoms with van der Waals surface area (Å²) in [6.07, 6.45) is 0. The highest BCUT2D eigenvalue weighted by Crippen LogP contribution is 2.29. The van der Waals surface area contributed by atoms with Crippen molar-refractivity contribution in [2.75, 3.05) is 13.4 Å². The maximum atomic E-state index is 9.22. The van der Waals surface area contributed by atoms with Crippen LogP contribution in [-0.2, 0) is 4.74 Å². The Balaban J connectivity index is 1.92. The molecule has 0 heterocycles. The number of hydrogen-bond acceptors (Lipinski definition) is 4. The second-order valence-electron chi connectivity index (χ2n) is 3.82. The Hall–Kier alpha value is -1.65. The zero-order valence-electron chi connectivity index (χ0n) is 10.7. The lowest BCUT2D eigenvalue weighted by Gasteiger charge is -2.07. The van der Waals surface area contributed by atoms with Crippen molar-refractivity contribution in [1.82, 2.24) is 0 Å². The van der Waals surface area contributed by atoms with Gasteiger partial charge in [0, 0.05) is 16.4 Å². The van der Waals surface area contributed by atoms with E-state index in [9.17, 15) is 5.11 Å². The van der Waals surface area contributed by atoms with Gasteiger partial charge in [-0.25, -0.2) is 0 Å². The van der Waals surface area contributed by atoms with Gasteiger partial charge in [-0.15, -0.1) is 0 Å². The van der Waals surface area contributed by atoms with E-state index in [1.54, 1.807) is 23.9 Å². The lowest BCUT2D eigenvalue weighted by molar-refractivity contribution is 0.0224. The highest BCUT2D eigenvalue weighted by atomic mass is 32.2. The first kappa shape index (κ1) is 13.8. The lowest BCUT2D eigenvalue weighted by atomic mass is 10.3. The van der Waals surface area contributed by atoms with Crippen molar-refractivity contribution >= 4 is 11.8 Å². The van der Waals surface area contributed by atoms with Gasteiger partial charge in [0.15, 0.2) is 6.79 Å². The standard InChI is InChI=1S/C15H16O3S/c1-2-17-11-18-13-5-9-15(10-6-13)19-14-7-3-12(16)4-8-14/h3-10,16H,2,11H2,1H3. The molecule has 0 aliphatic rings. The van der Waals surface area contributed by atoms with Crippen LogP contribution in [0, 0.1) is 0 Å². The van der Waals surface area contributed by atoms with E-state index in [1.165, 1.54) is 0 Å². The first-order valence-corrected chi connectivity index (χ1v) is 6.87. The highest BCUT2D eigenvalue weighted by molar-refractivity contribution is 7.99. The molecule has 0 aromatic heterocycles. The van der Waals surface area contributed by atoms with Crippen LogP contribution in [0.25, 0.3) is 0 Å². The first-order chi connectivity index (χ1) is 9.28. The molecular weight excluding hydrogens is 260 g/mol. The Morgan fingerprint density at radius 1 is 0.947 bits per heavy atom. The Labute approximate surface area is 117 Å². The van der Waals surface area contributed by atoms with E-state index in [0.717, 1.165) is 15.5 Å². The van der Waals surface area contributed by atoms with Crippen molar-refractivity contribution < 1.29 is 14.6 Å². The van der Waals surface area contributed by atoms with E-state index in [1.807, 2.05) is 43.3 Å². The van der Waals surface area contributed by atoms with Crippen molar-refractivity contribution in [3.05, 3.63) is 48.5 Å². The lowest BCUT2D eigenvalue weighted by Crippen LogP contribution is -2.01. The monoisotopic (exact) mass is 276 g/mol. The molecular formula is C15H16O3S. The van der Waals surface area contributed by atoms with Gasteiger partial charge in [-0.3, -0.25) is 0 Å². The Morgan fingerprint density at radius 2 is 1.53 bits per heavy atom. The molecule has 2 aromatic rings. The summed E-state index contributed by atoms with van der Waals surface area (Å²) in [7, 11) is 0. The molecule has 2 rings (SSSR count). The van der Waals surface area contributed by atoms with E-state index >= 15 is 0 Å². The third-order valence-electron chi connectivity index (χ3n) is 2.41. The molecule has 0 unspecified atom stereocenters. The van der Waals surface area contributed by atoms with Gasteiger partial charge >= 0.3 is 0 Å². The Kier molecular flexibility index (Phi) is 5.12. The molecule has 0 saturated heterocycles. The third kappa shape index (κ3) is 4.50. The maximum Gasteiger partial charge on any atom is 0.189 e. The van der Waals surface area contributed by atoms with E-state index in [4.69, 9.17) is 9.47 Å². The number of phenols is 1. The van der Waals surface area contributed by atoms with Crippen molar-refractivity contribution in [2.24, 2.45) is 0 Å². The van der Waals surface area contributed by atoms with Crippen LogP contribution in [0.5, 0.6) is 11.5 Å². The van der Waals surface area contributed by atoms with Gasteiger partial charge in [-0.05, 0) is 55.5 Å². The zero-order valence-corrected chi connectivity index (χ0v) is 11.5. The van der Waals surface area contributed by atoms with Crippen LogP contribution in [0.4, 0.5) is 0 Å². The van der Waals surface area contributed by atoms with E-state index < -0.39 is 0 Å². The molecule has 19 heavy (non-hydrogen) atoms. The second kappa shape index (κ2) is 7.07. The van der Waals surface area contributed by atoms with Crippen LogP contribution in [0.15, 0.2) is 58.3 Å². The molecule has 0 radical (unpaired) electrons. The quantitative estimate of drug-likeness (QED) is 0.641. The van der Waals surface area contributed by atoms with Gasteiger partial charge in [-0.1, -0.05) is 11.8 Å². The Morgan fingerprint density at radius 3 is 2.11 bits per heavy atom. The number of benzene rings is 2. The molecule has 0 aliphatic carbocycles. The fraction of sp³-hybridized carbons (Fsp3) is 0.200. The predicted molar refractivity (Wildman–Crippen MR) is 75.8 cm³/mol. The number of ether oxygens (including phenoxy) is 2. The molecule has 0 bridgehead atoms. The van der Waals surface area contributed by atoms with Gasteiger partial charge in [0.2, 0.25) is 0 Å². The number of aromatic hydroxyl groups is 1. The highest BCUT2D eigenvalue weighted by Gasteiger charge is 1.99. The summed E-state index contributed by atoms with van der Waals surface area (Å²) in [6.45, 7) is 2.86. The minimum Gasteiger partial charge on any atom is -0.508 e. The molecule has 1 N–H and O–H groups in total. The van der Waals surface area contributed by atoms with Crippen molar-refractivity contribution in [3.63, 3.8) is 0 Å². The van der Waals surface area contributed by atoms with Crippen LogP contribution in [0.1, 0.15) is 6.92 Å². The molecule has 0 aliphatic heterocycles. The summed E-state index contributed by atoms with van der Waals surface area (Å²) in [5.74, 6) is 1.08. The molecule has 100 valence electrons. The molecule has 0 atom stereocenters. The van der Waals surface area contributed by atoms with Gasteiger partial charge in [0.25, 0.3) is 0 Å². The zero-order chi connectivity index (χ0) is 13.5. The van der Waals surface area contributed by atoms with Gasteiger partial charge in [0.1, 0.15) is 11.5 Å². The molecule has 3 nitrogen and oxygen atoms in total. The van der Waals surface area contributed by atoms with Crippen LogP contribution in [0.2, 0.25) is 0 Å². The first-order valence-electron chi connectivity index (χ1n) is 6.05. The summed E-state index contributed by atoms with van der Waals surface area (Å²) in [4.78, 5) is 2.20. The van der Waals surface area contributed by atoms with E-state index in [2.05, 4.69) is 0 Å². The molecule has 0 fully saturated rings. The fourth-order valence-corrected chi connectivity index (χ4v) is 2.26. The van der Waals surface area contributed by atoms with E-state index in [-0.39, 0.29) is 12.5 Å². The van der Waals surface area contributed by atoms with Gasteiger partial charge < -0.3 is 14.6 Å². The molecule has 0 amide bonds. The van der Waals surface area contributed by atoms with E-state index in [0.29, 0.717) is 6.61 Å². The van der Waals surface area contributed by atoms with Crippen LogP contribution in [-0.4, -0.2) is 18.5 Å². The van der Waals surface area contributed by atoms with Crippen molar-refractivity contribution in [3.8, 4) is 11.5 Å². The minimum absolute atomic E-state index is 0.279. The topological polar surface area (TPSA) is 38.7 Å². The molecule has 0 saturated carbocycles. The minimum atomic E-state index is 0.279. The van der Waals surface area contributed by atoms with Crippen LogP contribution < -0.4 is 4.74 Å². The average Bonchev–Trinajstić information content (AvgIpc) is 2.44. The summed E-state index contributed by atoms with van der Waals surface area (Å²) in [5.41, 5.74) is 0. The maximum absolute atomic E-state index is 9.22. The number of rotatable bonds is 6. The predicted octanol–water partition coefficient (Wildman–Crippen LogP) is 3.92.